The number of rotatable bonds is 5. The third kappa shape index (κ3) is 4.01. The van der Waals surface area contributed by atoms with Gasteiger partial charge in [-0.2, -0.15) is 4.31 Å². The Labute approximate surface area is 185 Å². The van der Waals surface area contributed by atoms with Gasteiger partial charge in [-0.25, -0.2) is 12.8 Å². The van der Waals surface area contributed by atoms with Gasteiger partial charge in [0.1, 0.15) is 16.4 Å². The van der Waals surface area contributed by atoms with Gasteiger partial charge in [0, 0.05) is 49.5 Å². The van der Waals surface area contributed by atoms with Crippen LogP contribution in [0, 0.1) is 12.7 Å². The van der Waals surface area contributed by atoms with Gasteiger partial charge in [0.2, 0.25) is 10.0 Å². The molecule has 2 N–H and O–H groups in total. The third-order valence-corrected chi connectivity index (χ3v) is 8.04. The van der Waals surface area contributed by atoms with Crippen LogP contribution in [0.5, 0.6) is 0 Å². The second-order valence-electron chi connectivity index (χ2n) is 7.95. The Morgan fingerprint density at radius 1 is 1.28 bits per heavy atom. The molecule has 3 aromatic rings. The van der Waals surface area contributed by atoms with Crippen LogP contribution < -0.4 is 5.32 Å². The van der Waals surface area contributed by atoms with E-state index in [4.69, 9.17) is 0 Å². The Morgan fingerprint density at radius 2 is 2.00 bits per heavy atom. The minimum absolute atomic E-state index is 0.0575. The lowest BCUT2D eigenvalue weighted by molar-refractivity contribution is 0.0942. The first kappa shape index (κ1) is 22.4. The van der Waals surface area contributed by atoms with E-state index in [-0.39, 0.29) is 30.2 Å². The van der Waals surface area contributed by atoms with Gasteiger partial charge in [0.05, 0.1) is 11.6 Å². The fraction of sp³-hybridized carbons (Fsp3) is 0.364. The summed E-state index contributed by atoms with van der Waals surface area (Å²) >= 11 is 0. The summed E-state index contributed by atoms with van der Waals surface area (Å²) in [7, 11) is -2.18. The highest BCUT2D eigenvalue weighted by atomic mass is 32.2. The number of pyridine rings is 1. The van der Waals surface area contributed by atoms with Gasteiger partial charge in [0.15, 0.2) is 0 Å². The van der Waals surface area contributed by atoms with E-state index in [0.29, 0.717) is 35.0 Å². The van der Waals surface area contributed by atoms with Crippen molar-refractivity contribution in [2.45, 2.75) is 37.3 Å². The van der Waals surface area contributed by atoms with E-state index in [1.807, 2.05) is 0 Å². The van der Waals surface area contributed by atoms with E-state index < -0.39 is 27.9 Å². The predicted molar refractivity (Wildman–Crippen MR) is 117 cm³/mol. The molecule has 1 fully saturated rings. The lowest BCUT2D eigenvalue weighted by Crippen LogP contribution is -2.40. The molecule has 0 atom stereocenters. The number of benzene rings is 1. The van der Waals surface area contributed by atoms with Crippen molar-refractivity contribution in [1.82, 2.24) is 19.2 Å². The summed E-state index contributed by atoms with van der Waals surface area (Å²) in [5.74, 6) is -0.962. The molecular weight excluding hydrogens is 435 g/mol. The zero-order valence-corrected chi connectivity index (χ0v) is 18.7. The number of carbonyl (C=O) groups is 1. The molecule has 3 heterocycles. The summed E-state index contributed by atoms with van der Waals surface area (Å²) in [6, 6.07) is 7.67. The van der Waals surface area contributed by atoms with Gasteiger partial charge in [-0.3, -0.25) is 9.78 Å². The molecule has 8 nitrogen and oxygen atoms in total. The van der Waals surface area contributed by atoms with Crippen LogP contribution in [0.3, 0.4) is 0 Å². The predicted octanol–water partition coefficient (Wildman–Crippen LogP) is 2.10. The maximum atomic E-state index is 14.4. The largest absolute Gasteiger partial charge is 0.393 e. The van der Waals surface area contributed by atoms with Crippen LogP contribution >= 0.6 is 0 Å². The molecule has 170 valence electrons. The van der Waals surface area contributed by atoms with E-state index in [1.54, 1.807) is 38.4 Å². The lowest BCUT2D eigenvalue weighted by atomic mass is 10.1. The lowest BCUT2D eigenvalue weighted by Gasteiger charge is -2.28. The third-order valence-electron chi connectivity index (χ3n) is 6.03. The average Bonchev–Trinajstić information content (AvgIpc) is 3.08. The monoisotopic (exact) mass is 460 g/mol. The zero-order valence-electron chi connectivity index (χ0n) is 17.9. The number of aromatic nitrogens is 2. The number of nitrogens with one attached hydrogen (secondary N) is 1. The molecule has 0 spiro atoms. The second kappa shape index (κ2) is 8.61. The minimum Gasteiger partial charge on any atom is -0.393 e. The molecule has 1 amide bonds. The molecule has 1 aromatic carbocycles. The first-order valence-corrected chi connectivity index (χ1v) is 11.8. The van der Waals surface area contributed by atoms with Crippen LogP contribution in [0.1, 0.15) is 34.6 Å². The summed E-state index contributed by atoms with van der Waals surface area (Å²) in [5, 5.41) is 13.0. The van der Waals surface area contributed by atoms with Crippen LogP contribution in [0.4, 0.5) is 4.39 Å². The maximum absolute atomic E-state index is 14.4. The van der Waals surface area contributed by atoms with Crippen LogP contribution in [-0.2, 0) is 23.6 Å². The summed E-state index contributed by atoms with van der Waals surface area (Å²) in [5.41, 5.74) is 1.53. The first-order valence-electron chi connectivity index (χ1n) is 10.3. The number of halogens is 1. The molecule has 1 saturated heterocycles. The van der Waals surface area contributed by atoms with Crippen molar-refractivity contribution < 1.29 is 22.7 Å². The number of hydrogen-bond acceptors (Lipinski definition) is 5. The molecule has 0 saturated carbocycles. The Bertz CT molecular complexity index is 1280. The highest BCUT2D eigenvalue weighted by molar-refractivity contribution is 7.89. The molecule has 1 aliphatic rings. The molecular formula is C22H25FN4O4S. The Balaban J connectivity index is 1.58. The van der Waals surface area contributed by atoms with Gasteiger partial charge in [-0.05, 0) is 44.0 Å². The molecule has 0 unspecified atom stereocenters. The Morgan fingerprint density at radius 3 is 2.72 bits per heavy atom. The smallest absolute Gasteiger partial charge is 0.268 e. The average molecular weight is 461 g/mol. The van der Waals surface area contributed by atoms with Gasteiger partial charge >= 0.3 is 0 Å². The van der Waals surface area contributed by atoms with Gasteiger partial charge < -0.3 is 15.0 Å². The number of aliphatic hydroxyl groups is 1. The molecule has 32 heavy (non-hydrogen) atoms. The molecule has 0 aliphatic carbocycles. The zero-order chi connectivity index (χ0) is 23.0. The van der Waals surface area contributed by atoms with E-state index in [1.165, 1.54) is 21.0 Å². The highest BCUT2D eigenvalue weighted by Crippen LogP contribution is 2.26. The van der Waals surface area contributed by atoms with Crippen molar-refractivity contribution in [3.63, 3.8) is 0 Å². The number of aliphatic hydroxyl groups excluding tert-OH is 1. The fourth-order valence-electron chi connectivity index (χ4n) is 4.00. The van der Waals surface area contributed by atoms with Gasteiger partial charge in [-0.1, -0.05) is 6.07 Å². The summed E-state index contributed by atoms with van der Waals surface area (Å²) < 4.78 is 43.5. The number of fused-ring (bicyclic) bond motifs is 1. The number of sulfonamides is 1. The topological polar surface area (TPSA) is 105 Å². The minimum atomic E-state index is -3.80. The highest BCUT2D eigenvalue weighted by Gasteiger charge is 2.32. The number of hydrogen-bond donors (Lipinski definition) is 2. The summed E-state index contributed by atoms with van der Waals surface area (Å²) in [6.07, 6.45) is 1.87. The number of piperidine rings is 1. The van der Waals surface area contributed by atoms with Crippen LogP contribution in [0.2, 0.25) is 0 Å². The number of carbonyl (C=O) groups excluding carboxylic acids is 1. The molecule has 0 bridgehead atoms. The number of amides is 1. The van der Waals surface area contributed by atoms with Crippen LogP contribution in [0.25, 0.3) is 10.9 Å². The van der Waals surface area contributed by atoms with Crippen molar-refractivity contribution >= 4 is 26.8 Å². The van der Waals surface area contributed by atoms with E-state index in [0.717, 1.165) is 0 Å². The Hall–Kier alpha value is -2.82. The van der Waals surface area contributed by atoms with Crippen molar-refractivity contribution in [2.75, 3.05) is 13.1 Å². The second-order valence-corrected chi connectivity index (χ2v) is 9.86. The van der Waals surface area contributed by atoms with E-state index >= 15 is 0 Å². The molecule has 0 radical (unpaired) electrons. The first-order chi connectivity index (χ1) is 15.2. The van der Waals surface area contributed by atoms with Crippen LogP contribution in [-0.4, -0.2) is 52.5 Å². The van der Waals surface area contributed by atoms with E-state index in [9.17, 15) is 22.7 Å². The van der Waals surface area contributed by atoms with Gasteiger partial charge in [-0.15, -0.1) is 0 Å². The fourth-order valence-corrected chi connectivity index (χ4v) is 5.74. The van der Waals surface area contributed by atoms with E-state index in [2.05, 4.69) is 10.3 Å². The summed E-state index contributed by atoms with van der Waals surface area (Å²) in [6.45, 7) is 2.03. The van der Waals surface area contributed by atoms with Crippen molar-refractivity contribution in [3.05, 3.63) is 59.3 Å². The maximum Gasteiger partial charge on any atom is 0.268 e. The SMILES string of the molecule is Cc1c(S(=O)(=O)N2CCC(O)CC2)cc(C(=O)NCc2c(F)ccc3ncccc23)n1C. The van der Waals surface area contributed by atoms with Crippen molar-refractivity contribution in [3.8, 4) is 0 Å². The van der Waals surface area contributed by atoms with Crippen molar-refractivity contribution in [2.24, 2.45) is 7.05 Å². The standard InChI is InChI=1S/C22H25FN4O4S/c1-14-21(32(30,31)27-10-7-15(28)8-11-27)12-20(26(14)2)22(29)25-13-17-16-4-3-9-24-19(16)6-5-18(17)23/h3-6,9,12,15,28H,7-8,10-11,13H2,1-2H3,(H,25,29). The molecule has 1 aliphatic heterocycles. The Kier molecular flexibility index (Phi) is 6.02. The van der Waals surface area contributed by atoms with Gasteiger partial charge in [0.25, 0.3) is 5.91 Å². The van der Waals surface area contributed by atoms with Crippen LogP contribution in [0.15, 0.2) is 41.4 Å². The molecule has 4 rings (SSSR count). The number of nitrogens with zero attached hydrogens (tertiary/aromatic N) is 3. The quantitative estimate of drug-likeness (QED) is 0.607. The molecule has 2 aromatic heterocycles. The normalized spacial score (nSPS) is 15.9. The van der Waals surface area contributed by atoms with Crippen molar-refractivity contribution in [1.29, 1.82) is 0 Å². The molecule has 10 heteroatoms. The summed E-state index contributed by atoms with van der Waals surface area (Å²) in [4.78, 5) is 17.1.